The highest BCUT2D eigenvalue weighted by atomic mass is 32.1. The minimum atomic E-state index is -0.165. The minimum absolute atomic E-state index is 0.0184. The van der Waals surface area contributed by atoms with Crippen molar-refractivity contribution in [2.75, 3.05) is 27.2 Å². The zero-order valence-electron chi connectivity index (χ0n) is 13.3. The normalized spacial score (nSPS) is 11.7. The topological polar surface area (TPSA) is 35.6 Å². The van der Waals surface area contributed by atoms with E-state index in [-0.39, 0.29) is 11.6 Å². The molecule has 1 rings (SSSR count). The first-order valence-electron chi connectivity index (χ1n) is 7.07. The molecule has 0 bridgehead atoms. The van der Waals surface area contributed by atoms with Gasteiger partial charge in [0.25, 0.3) is 0 Å². The van der Waals surface area contributed by atoms with E-state index in [9.17, 15) is 4.79 Å². The highest BCUT2D eigenvalue weighted by Crippen LogP contribution is 2.12. The second-order valence-electron chi connectivity index (χ2n) is 6.02. The number of thiophene rings is 1. The van der Waals surface area contributed by atoms with Gasteiger partial charge in [-0.1, -0.05) is 6.92 Å². The quantitative estimate of drug-likeness (QED) is 0.840. The molecule has 0 atom stereocenters. The van der Waals surface area contributed by atoms with E-state index in [1.54, 1.807) is 11.3 Å². The highest BCUT2D eigenvalue weighted by molar-refractivity contribution is 7.07. The molecule has 1 aromatic heterocycles. The van der Waals surface area contributed by atoms with Gasteiger partial charge in [-0.3, -0.25) is 0 Å². The fraction of sp³-hybridized carbons (Fsp3) is 0.667. The van der Waals surface area contributed by atoms with Crippen molar-refractivity contribution >= 4 is 17.4 Å². The number of amides is 2. The average Bonchev–Trinajstić information content (AvgIpc) is 2.86. The SMILES string of the molecule is CCC(C)(C)NC(=O)N(CCN(C)C)Cc1ccsc1. The van der Waals surface area contributed by atoms with E-state index in [0.29, 0.717) is 6.54 Å². The van der Waals surface area contributed by atoms with Gasteiger partial charge in [0.2, 0.25) is 0 Å². The average molecular weight is 297 g/mol. The maximum absolute atomic E-state index is 12.5. The zero-order chi connectivity index (χ0) is 15.2. The summed E-state index contributed by atoms with van der Waals surface area (Å²) in [5.74, 6) is 0. The number of carbonyl (C=O) groups is 1. The molecule has 2 amide bonds. The van der Waals surface area contributed by atoms with E-state index >= 15 is 0 Å². The van der Waals surface area contributed by atoms with Crippen LogP contribution in [0.5, 0.6) is 0 Å². The van der Waals surface area contributed by atoms with Crippen LogP contribution in [0.1, 0.15) is 32.8 Å². The molecule has 0 radical (unpaired) electrons. The van der Waals surface area contributed by atoms with Crippen LogP contribution in [0.25, 0.3) is 0 Å². The number of hydrogen-bond acceptors (Lipinski definition) is 3. The van der Waals surface area contributed by atoms with Crippen molar-refractivity contribution in [1.29, 1.82) is 0 Å². The first-order valence-corrected chi connectivity index (χ1v) is 8.01. The van der Waals surface area contributed by atoms with E-state index in [2.05, 4.69) is 42.4 Å². The van der Waals surface area contributed by atoms with Gasteiger partial charge in [0.05, 0.1) is 0 Å². The van der Waals surface area contributed by atoms with Crippen LogP contribution in [0, 0.1) is 0 Å². The van der Waals surface area contributed by atoms with Crippen molar-refractivity contribution in [2.24, 2.45) is 0 Å². The van der Waals surface area contributed by atoms with Crippen LogP contribution in [-0.2, 0) is 6.54 Å². The van der Waals surface area contributed by atoms with E-state index in [4.69, 9.17) is 0 Å². The summed E-state index contributed by atoms with van der Waals surface area (Å²) in [6.07, 6.45) is 0.915. The lowest BCUT2D eigenvalue weighted by Gasteiger charge is -2.30. The van der Waals surface area contributed by atoms with E-state index < -0.39 is 0 Å². The summed E-state index contributed by atoms with van der Waals surface area (Å²) in [6, 6.07) is 2.09. The Morgan fingerprint density at radius 1 is 1.35 bits per heavy atom. The summed E-state index contributed by atoms with van der Waals surface area (Å²) in [5, 5.41) is 7.26. The third-order valence-electron chi connectivity index (χ3n) is 3.39. The lowest BCUT2D eigenvalue weighted by atomic mass is 10.0. The van der Waals surface area contributed by atoms with Crippen LogP contribution in [0.15, 0.2) is 16.8 Å². The summed E-state index contributed by atoms with van der Waals surface area (Å²) in [4.78, 5) is 16.4. The standard InChI is InChI=1S/C15H27N3OS/c1-6-15(2,3)16-14(19)18(9-8-17(4)5)11-13-7-10-20-12-13/h7,10,12H,6,8-9,11H2,1-5H3,(H,16,19). The number of nitrogens with one attached hydrogen (secondary N) is 1. The lowest BCUT2D eigenvalue weighted by Crippen LogP contribution is -2.50. The van der Waals surface area contributed by atoms with Crippen molar-refractivity contribution in [3.8, 4) is 0 Å². The molecule has 0 spiro atoms. The molecule has 0 aromatic carbocycles. The number of likely N-dealkylation sites (N-methyl/N-ethyl adjacent to an activating group) is 1. The summed E-state index contributed by atoms with van der Waals surface area (Å²) >= 11 is 1.67. The Bertz CT molecular complexity index is 401. The smallest absolute Gasteiger partial charge is 0.318 e. The monoisotopic (exact) mass is 297 g/mol. The Kier molecular flexibility index (Phi) is 6.49. The van der Waals surface area contributed by atoms with Crippen molar-refractivity contribution in [2.45, 2.75) is 39.3 Å². The molecular formula is C15H27N3OS. The summed E-state index contributed by atoms with van der Waals surface area (Å²) < 4.78 is 0. The second kappa shape index (κ2) is 7.64. The molecule has 0 saturated carbocycles. The van der Waals surface area contributed by atoms with Gasteiger partial charge in [0, 0.05) is 25.2 Å². The molecule has 0 aliphatic carbocycles. The number of rotatable bonds is 7. The Labute approximate surface area is 126 Å². The van der Waals surface area contributed by atoms with Gasteiger partial charge >= 0.3 is 6.03 Å². The predicted molar refractivity (Wildman–Crippen MR) is 86.2 cm³/mol. The molecule has 1 heterocycles. The molecule has 0 aliphatic rings. The number of carbonyl (C=O) groups excluding carboxylic acids is 1. The first kappa shape index (κ1) is 17.0. The zero-order valence-corrected chi connectivity index (χ0v) is 14.1. The molecule has 5 heteroatoms. The first-order chi connectivity index (χ1) is 9.34. The molecule has 0 aliphatic heterocycles. The van der Waals surface area contributed by atoms with Gasteiger partial charge in [0.1, 0.15) is 0 Å². The fourth-order valence-electron chi connectivity index (χ4n) is 1.63. The van der Waals surface area contributed by atoms with Crippen molar-refractivity contribution in [3.05, 3.63) is 22.4 Å². The molecule has 1 N–H and O–H groups in total. The van der Waals surface area contributed by atoms with Gasteiger partial charge < -0.3 is 15.1 Å². The Morgan fingerprint density at radius 3 is 2.55 bits per heavy atom. The maximum atomic E-state index is 12.5. The van der Waals surface area contributed by atoms with Crippen LogP contribution in [-0.4, -0.2) is 48.6 Å². The molecule has 4 nitrogen and oxygen atoms in total. The minimum Gasteiger partial charge on any atom is -0.333 e. The fourth-order valence-corrected chi connectivity index (χ4v) is 2.29. The summed E-state index contributed by atoms with van der Waals surface area (Å²) in [5.41, 5.74) is 1.03. The van der Waals surface area contributed by atoms with Gasteiger partial charge in [-0.15, -0.1) is 0 Å². The number of nitrogens with zero attached hydrogens (tertiary/aromatic N) is 2. The third kappa shape index (κ3) is 5.92. The Balaban J connectivity index is 2.67. The maximum Gasteiger partial charge on any atom is 0.318 e. The Hall–Kier alpha value is -1.07. The van der Waals surface area contributed by atoms with Gasteiger partial charge in [-0.2, -0.15) is 11.3 Å². The lowest BCUT2D eigenvalue weighted by molar-refractivity contribution is 0.177. The molecule has 20 heavy (non-hydrogen) atoms. The van der Waals surface area contributed by atoms with Gasteiger partial charge in [-0.25, -0.2) is 4.79 Å². The van der Waals surface area contributed by atoms with E-state index in [0.717, 1.165) is 19.5 Å². The Morgan fingerprint density at radius 2 is 2.05 bits per heavy atom. The number of hydrogen-bond donors (Lipinski definition) is 1. The number of urea groups is 1. The second-order valence-corrected chi connectivity index (χ2v) is 6.80. The summed E-state index contributed by atoms with van der Waals surface area (Å²) in [6.45, 7) is 8.46. The van der Waals surface area contributed by atoms with Gasteiger partial charge in [-0.05, 0) is 56.8 Å². The molecule has 0 saturated heterocycles. The molecule has 0 fully saturated rings. The van der Waals surface area contributed by atoms with Crippen LogP contribution in [0.3, 0.4) is 0 Å². The van der Waals surface area contributed by atoms with Crippen LogP contribution in [0.2, 0.25) is 0 Å². The molecule has 1 aromatic rings. The van der Waals surface area contributed by atoms with Crippen LogP contribution in [0.4, 0.5) is 4.79 Å². The van der Waals surface area contributed by atoms with E-state index in [1.165, 1.54) is 5.56 Å². The van der Waals surface area contributed by atoms with Crippen molar-refractivity contribution < 1.29 is 4.79 Å². The highest BCUT2D eigenvalue weighted by Gasteiger charge is 2.22. The molecule has 0 unspecified atom stereocenters. The van der Waals surface area contributed by atoms with Gasteiger partial charge in [0.15, 0.2) is 0 Å². The predicted octanol–water partition coefficient (Wildman–Crippen LogP) is 3.01. The van der Waals surface area contributed by atoms with Crippen LogP contribution >= 0.6 is 11.3 Å². The largest absolute Gasteiger partial charge is 0.333 e. The van der Waals surface area contributed by atoms with Crippen LogP contribution < -0.4 is 5.32 Å². The van der Waals surface area contributed by atoms with E-state index in [1.807, 2.05) is 24.4 Å². The van der Waals surface area contributed by atoms with Crippen molar-refractivity contribution in [1.82, 2.24) is 15.1 Å². The third-order valence-corrected chi connectivity index (χ3v) is 4.12. The molecule has 114 valence electrons. The van der Waals surface area contributed by atoms with Crippen molar-refractivity contribution in [3.63, 3.8) is 0 Å². The molecular weight excluding hydrogens is 270 g/mol. The summed E-state index contributed by atoms with van der Waals surface area (Å²) in [7, 11) is 4.05.